The predicted octanol–water partition coefficient (Wildman–Crippen LogP) is 3.35. The number of aromatic nitrogens is 2. The first kappa shape index (κ1) is 14.1. The van der Waals surface area contributed by atoms with E-state index in [4.69, 9.17) is 10.5 Å². The minimum Gasteiger partial charge on any atom is -0.375 e. The molecule has 1 aromatic rings. The van der Waals surface area contributed by atoms with Crippen LogP contribution >= 0.6 is 0 Å². The molecular weight excluding hydrogens is 250 g/mol. The van der Waals surface area contributed by atoms with Crippen LogP contribution in [-0.4, -0.2) is 22.0 Å². The van der Waals surface area contributed by atoms with E-state index in [1.807, 2.05) is 6.20 Å². The zero-order valence-corrected chi connectivity index (χ0v) is 12.6. The second kappa shape index (κ2) is 5.86. The van der Waals surface area contributed by atoms with E-state index in [2.05, 4.69) is 22.9 Å². The number of hydrogen-bond acceptors (Lipinski definition) is 3. The Morgan fingerprint density at radius 2 is 2.25 bits per heavy atom. The number of ether oxygens (including phenoxy) is 1. The fourth-order valence-electron chi connectivity index (χ4n) is 3.75. The Morgan fingerprint density at radius 1 is 1.45 bits per heavy atom. The van der Waals surface area contributed by atoms with Crippen LogP contribution in [0.15, 0.2) is 12.4 Å². The van der Waals surface area contributed by atoms with Gasteiger partial charge in [0.25, 0.3) is 0 Å². The highest BCUT2D eigenvalue weighted by molar-refractivity contribution is 5.10. The first-order chi connectivity index (χ1) is 9.72. The van der Waals surface area contributed by atoms with E-state index in [1.54, 1.807) is 0 Å². The van der Waals surface area contributed by atoms with Crippen molar-refractivity contribution in [3.63, 3.8) is 0 Å². The molecule has 1 saturated carbocycles. The molecule has 1 spiro atoms. The molecule has 1 aromatic heterocycles. The van der Waals surface area contributed by atoms with E-state index in [0.717, 1.165) is 31.4 Å². The van der Waals surface area contributed by atoms with Crippen molar-refractivity contribution in [2.24, 2.45) is 5.73 Å². The summed E-state index contributed by atoms with van der Waals surface area (Å²) in [4.78, 5) is 0. The second-order valence-corrected chi connectivity index (χ2v) is 6.51. The average molecular weight is 277 g/mol. The third-order valence-electron chi connectivity index (χ3n) is 5.10. The molecule has 0 bridgehead atoms. The van der Waals surface area contributed by atoms with Crippen molar-refractivity contribution >= 4 is 0 Å². The number of nitrogens with two attached hydrogens (primary N) is 1. The van der Waals surface area contributed by atoms with Crippen molar-refractivity contribution < 1.29 is 4.74 Å². The molecule has 2 fully saturated rings. The van der Waals surface area contributed by atoms with E-state index >= 15 is 0 Å². The van der Waals surface area contributed by atoms with Crippen LogP contribution in [0.1, 0.15) is 75.9 Å². The zero-order valence-electron chi connectivity index (χ0n) is 12.6. The molecule has 0 radical (unpaired) electrons. The van der Waals surface area contributed by atoms with Gasteiger partial charge in [-0.05, 0) is 32.1 Å². The summed E-state index contributed by atoms with van der Waals surface area (Å²) in [7, 11) is 0. The van der Waals surface area contributed by atoms with Gasteiger partial charge in [0, 0.05) is 24.4 Å². The largest absolute Gasteiger partial charge is 0.375 e. The Morgan fingerprint density at radius 3 is 3.00 bits per heavy atom. The molecule has 4 nitrogen and oxygen atoms in total. The number of nitrogens with zero attached hydrogens (tertiary/aromatic N) is 2. The molecule has 0 amide bonds. The van der Waals surface area contributed by atoms with Crippen molar-refractivity contribution in [1.29, 1.82) is 0 Å². The van der Waals surface area contributed by atoms with Crippen molar-refractivity contribution in [2.75, 3.05) is 6.61 Å². The summed E-state index contributed by atoms with van der Waals surface area (Å²) in [5, 5.41) is 4.57. The third kappa shape index (κ3) is 2.77. The highest BCUT2D eigenvalue weighted by atomic mass is 16.5. The van der Waals surface area contributed by atoms with Crippen molar-refractivity contribution in [3.8, 4) is 0 Å². The van der Waals surface area contributed by atoms with Gasteiger partial charge in [0.05, 0.1) is 17.8 Å². The normalized spacial score (nSPS) is 27.6. The third-order valence-corrected chi connectivity index (χ3v) is 5.10. The molecule has 1 saturated heterocycles. The van der Waals surface area contributed by atoms with Crippen LogP contribution in [0.3, 0.4) is 0 Å². The van der Waals surface area contributed by atoms with Gasteiger partial charge < -0.3 is 10.5 Å². The first-order valence-corrected chi connectivity index (χ1v) is 8.16. The lowest BCUT2D eigenvalue weighted by molar-refractivity contribution is -0.115. The van der Waals surface area contributed by atoms with Gasteiger partial charge in [0.2, 0.25) is 0 Å². The van der Waals surface area contributed by atoms with E-state index in [1.165, 1.54) is 32.1 Å². The highest BCUT2D eigenvalue weighted by Crippen LogP contribution is 2.42. The maximum Gasteiger partial charge on any atom is 0.0703 e. The summed E-state index contributed by atoms with van der Waals surface area (Å²) in [6, 6.07) is 0.604. The maximum atomic E-state index is 6.17. The molecule has 3 rings (SSSR count). The minimum atomic E-state index is 0.118. The molecule has 4 heteroatoms. The number of hydrogen-bond donors (Lipinski definition) is 1. The van der Waals surface area contributed by atoms with Crippen LogP contribution in [0.25, 0.3) is 0 Å². The van der Waals surface area contributed by atoms with E-state index in [-0.39, 0.29) is 11.6 Å². The fourth-order valence-corrected chi connectivity index (χ4v) is 3.75. The van der Waals surface area contributed by atoms with Gasteiger partial charge in [-0.15, -0.1) is 0 Å². The summed E-state index contributed by atoms with van der Waals surface area (Å²) in [5.74, 6) is 0. The van der Waals surface area contributed by atoms with Gasteiger partial charge in [0.15, 0.2) is 0 Å². The van der Waals surface area contributed by atoms with Crippen LogP contribution in [0, 0.1) is 0 Å². The van der Waals surface area contributed by atoms with Crippen LogP contribution in [0.5, 0.6) is 0 Å². The molecular formula is C16H27N3O. The van der Waals surface area contributed by atoms with Crippen LogP contribution in [0.2, 0.25) is 0 Å². The Hall–Kier alpha value is -0.870. The molecule has 2 unspecified atom stereocenters. The molecule has 20 heavy (non-hydrogen) atoms. The van der Waals surface area contributed by atoms with E-state index in [0.29, 0.717) is 6.04 Å². The van der Waals surface area contributed by atoms with Gasteiger partial charge in [-0.25, -0.2) is 0 Å². The second-order valence-electron chi connectivity index (χ2n) is 6.51. The van der Waals surface area contributed by atoms with Gasteiger partial charge in [-0.2, -0.15) is 5.10 Å². The van der Waals surface area contributed by atoms with Gasteiger partial charge in [0.1, 0.15) is 0 Å². The molecule has 1 aliphatic heterocycles. The van der Waals surface area contributed by atoms with Crippen molar-refractivity contribution in [1.82, 2.24) is 9.78 Å². The minimum absolute atomic E-state index is 0.118. The molecule has 2 atom stereocenters. The van der Waals surface area contributed by atoms with Crippen LogP contribution in [0.4, 0.5) is 0 Å². The van der Waals surface area contributed by atoms with Crippen molar-refractivity contribution in [2.45, 2.75) is 76.0 Å². The lowest BCUT2D eigenvalue weighted by atomic mass is 9.78. The monoisotopic (exact) mass is 277 g/mol. The Balaban J connectivity index is 1.71. The van der Waals surface area contributed by atoms with E-state index in [9.17, 15) is 0 Å². The summed E-state index contributed by atoms with van der Waals surface area (Å²) < 4.78 is 8.31. The van der Waals surface area contributed by atoms with Crippen LogP contribution in [-0.2, 0) is 4.74 Å². The predicted molar refractivity (Wildman–Crippen MR) is 79.5 cm³/mol. The summed E-state index contributed by atoms with van der Waals surface area (Å²) >= 11 is 0. The van der Waals surface area contributed by atoms with E-state index < -0.39 is 0 Å². The summed E-state index contributed by atoms with van der Waals surface area (Å²) in [6.45, 7) is 2.99. The summed E-state index contributed by atoms with van der Waals surface area (Å²) in [5.41, 5.74) is 7.40. The van der Waals surface area contributed by atoms with Gasteiger partial charge in [-0.3, -0.25) is 4.68 Å². The average Bonchev–Trinajstić information content (AvgIpc) is 2.97. The molecule has 2 aliphatic rings. The van der Waals surface area contributed by atoms with Gasteiger partial charge >= 0.3 is 0 Å². The lowest BCUT2D eigenvalue weighted by Gasteiger charge is -2.43. The standard InChI is InChI=1S/C16H27N3O/c1-2-15(17)13-11-18-19(12-13)14-6-9-20-16(10-14)7-4-3-5-8-16/h11-12,14-15H,2-10,17H2,1H3. The smallest absolute Gasteiger partial charge is 0.0703 e. The quantitative estimate of drug-likeness (QED) is 0.921. The topological polar surface area (TPSA) is 53.1 Å². The van der Waals surface area contributed by atoms with Crippen LogP contribution < -0.4 is 5.73 Å². The molecule has 2 N–H and O–H groups in total. The Bertz CT molecular complexity index is 431. The lowest BCUT2D eigenvalue weighted by Crippen LogP contribution is -2.42. The molecule has 0 aromatic carbocycles. The molecule has 1 aliphatic carbocycles. The Kier molecular flexibility index (Phi) is 4.13. The molecule has 112 valence electrons. The van der Waals surface area contributed by atoms with Gasteiger partial charge in [-0.1, -0.05) is 26.2 Å². The first-order valence-electron chi connectivity index (χ1n) is 8.16. The Labute approximate surface area is 121 Å². The highest BCUT2D eigenvalue weighted by Gasteiger charge is 2.39. The molecule has 2 heterocycles. The zero-order chi connectivity index (χ0) is 14.0. The maximum absolute atomic E-state index is 6.17. The number of rotatable bonds is 3. The summed E-state index contributed by atoms with van der Waals surface area (Å²) in [6.07, 6.45) is 13.7. The SMILES string of the molecule is CCC(N)c1cnn(C2CCOC3(CCCCC3)C2)c1. The fraction of sp³-hybridized carbons (Fsp3) is 0.812. The van der Waals surface area contributed by atoms with Crippen molar-refractivity contribution in [3.05, 3.63) is 18.0 Å².